The smallest absolute Gasteiger partial charge is 0.251 e. The minimum Gasteiger partial charge on any atom is -0.348 e. The van der Waals surface area contributed by atoms with Crippen LogP contribution >= 0.6 is 12.4 Å². The number of pyridine rings is 1. The molecule has 106 valence electrons. The van der Waals surface area contributed by atoms with Crippen LogP contribution < -0.4 is 5.32 Å². The molecule has 0 aliphatic heterocycles. The summed E-state index contributed by atoms with van der Waals surface area (Å²) in [6.07, 6.45) is 3.23. The first kappa shape index (κ1) is 16.2. The Morgan fingerprint density at radius 1 is 1.10 bits per heavy atom. The predicted octanol–water partition coefficient (Wildman–Crippen LogP) is 3.56. The van der Waals surface area contributed by atoms with Crippen LogP contribution in [0.25, 0.3) is 0 Å². The molecule has 0 saturated heterocycles. The normalized spacial score (nSPS) is 9.95. The fourth-order valence-corrected chi connectivity index (χ4v) is 1.81. The summed E-state index contributed by atoms with van der Waals surface area (Å²) in [5, 5.41) is 2.90. The summed E-state index contributed by atoms with van der Waals surface area (Å²) in [6.45, 7) is 4.87. The molecular formula is C16H19ClN2O. The van der Waals surface area contributed by atoms with Crippen LogP contribution in [0.5, 0.6) is 0 Å². The third kappa shape index (κ3) is 4.35. The van der Waals surface area contributed by atoms with Crippen molar-refractivity contribution in [3.63, 3.8) is 0 Å². The molecule has 2 aromatic rings. The first-order valence-corrected chi connectivity index (χ1v) is 6.44. The van der Waals surface area contributed by atoms with Gasteiger partial charge in [-0.3, -0.25) is 9.78 Å². The molecule has 0 atom stereocenters. The summed E-state index contributed by atoms with van der Waals surface area (Å²) in [5.41, 5.74) is 3.05. The molecule has 0 spiro atoms. The van der Waals surface area contributed by atoms with Gasteiger partial charge in [-0.25, -0.2) is 0 Å². The Hall–Kier alpha value is -1.87. The average Bonchev–Trinajstić information content (AvgIpc) is 2.46. The van der Waals surface area contributed by atoms with E-state index in [-0.39, 0.29) is 18.3 Å². The monoisotopic (exact) mass is 290 g/mol. The van der Waals surface area contributed by atoms with Gasteiger partial charge in [0, 0.05) is 24.5 Å². The maximum atomic E-state index is 11.9. The fraction of sp³-hybridized carbons (Fsp3) is 0.250. The van der Waals surface area contributed by atoms with Crippen LogP contribution in [0.4, 0.5) is 0 Å². The first-order chi connectivity index (χ1) is 9.16. The van der Waals surface area contributed by atoms with Crippen molar-refractivity contribution in [2.45, 2.75) is 26.3 Å². The van der Waals surface area contributed by atoms with Gasteiger partial charge in [-0.2, -0.15) is 0 Å². The Morgan fingerprint density at radius 2 is 1.70 bits per heavy atom. The Balaban J connectivity index is 0.00000200. The highest BCUT2D eigenvalue weighted by Crippen LogP contribution is 2.14. The summed E-state index contributed by atoms with van der Waals surface area (Å²) in [5.74, 6) is 0.454. The van der Waals surface area contributed by atoms with Crippen molar-refractivity contribution < 1.29 is 4.79 Å². The highest BCUT2D eigenvalue weighted by Gasteiger charge is 2.04. The Kier molecular flexibility index (Phi) is 6.19. The number of benzene rings is 1. The van der Waals surface area contributed by atoms with Gasteiger partial charge in [0.2, 0.25) is 0 Å². The molecule has 1 amide bonds. The molecular weight excluding hydrogens is 272 g/mol. The number of amides is 1. The van der Waals surface area contributed by atoms with Gasteiger partial charge >= 0.3 is 0 Å². The van der Waals surface area contributed by atoms with E-state index in [4.69, 9.17) is 0 Å². The molecule has 0 saturated carbocycles. The fourth-order valence-electron chi connectivity index (χ4n) is 1.81. The molecule has 2 rings (SSSR count). The third-order valence-electron chi connectivity index (χ3n) is 3.04. The van der Waals surface area contributed by atoms with E-state index >= 15 is 0 Å². The van der Waals surface area contributed by atoms with Gasteiger partial charge in [0.05, 0.1) is 0 Å². The Bertz CT molecular complexity index is 538. The summed E-state index contributed by atoms with van der Waals surface area (Å²) in [4.78, 5) is 15.7. The molecule has 1 heterocycles. The van der Waals surface area contributed by atoms with E-state index in [0.717, 1.165) is 5.56 Å². The number of hydrogen-bond donors (Lipinski definition) is 1. The van der Waals surface area contributed by atoms with Crippen molar-refractivity contribution in [2.75, 3.05) is 0 Å². The van der Waals surface area contributed by atoms with E-state index in [2.05, 4.69) is 48.4 Å². The van der Waals surface area contributed by atoms with Gasteiger partial charge in [-0.1, -0.05) is 38.1 Å². The van der Waals surface area contributed by atoms with Crippen LogP contribution in [0.1, 0.15) is 41.3 Å². The van der Waals surface area contributed by atoms with Crippen molar-refractivity contribution in [3.8, 4) is 0 Å². The van der Waals surface area contributed by atoms with Gasteiger partial charge in [0.25, 0.3) is 5.91 Å². The van der Waals surface area contributed by atoms with Crippen molar-refractivity contribution in [1.82, 2.24) is 10.3 Å². The van der Waals surface area contributed by atoms with Crippen LogP contribution in [0.15, 0.2) is 48.8 Å². The van der Waals surface area contributed by atoms with Crippen LogP contribution in [0.3, 0.4) is 0 Å². The molecule has 1 aromatic carbocycles. The van der Waals surface area contributed by atoms with Crippen molar-refractivity contribution in [2.24, 2.45) is 0 Å². The second-order valence-electron chi connectivity index (χ2n) is 4.81. The third-order valence-corrected chi connectivity index (χ3v) is 3.04. The van der Waals surface area contributed by atoms with E-state index < -0.39 is 0 Å². The quantitative estimate of drug-likeness (QED) is 0.935. The van der Waals surface area contributed by atoms with Gasteiger partial charge in [0.15, 0.2) is 0 Å². The van der Waals surface area contributed by atoms with Crippen LogP contribution in [0.2, 0.25) is 0 Å². The lowest BCUT2D eigenvalue weighted by molar-refractivity contribution is 0.0951. The average molecular weight is 291 g/mol. The second kappa shape index (κ2) is 7.65. The number of rotatable bonds is 4. The molecule has 0 aliphatic carbocycles. The molecule has 20 heavy (non-hydrogen) atoms. The van der Waals surface area contributed by atoms with Crippen molar-refractivity contribution in [1.29, 1.82) is 0 Å². The number of carbonyl (C=O) groups is 1. The summed E-state index contributed by atoms with van der Waals surface area (Å²) >= 11 is 0. The van der Waals surface area contributed by atoms with E-state index in [0.29, 0.717) is 18.0 Å². The molecule has 1 N–H and O–H groups in total. The van der Waals surface area contributed by atoms with Gasteiger partial charge in [-0.15, -0.1) is 12.4 Å². The highest BCUT2D eigenvalue weighted by molar-refractivity contribution is 5.93. The van der Waals surface area contributed by atoms with Crippen molar-refractivity contribution >= 4 is 18.3 Å². The highest BCUT2D eigenvalue weighted by atomic mass is 35.5. The molecule has 0 fully saturated rings. The van der Waals surface area contributed by atoms with Gasteiger partial charge in [0.1, 0.15) is 0 Å². The number of halogens is 1. The lowest BCUT2D eigenvalue weighted by atomic mass is 10.0. The topological polar surface area (TPSA) is 42.0 Å². The maximum Gasteiger partial charge on any atom is 0.251 e. The summed E-state index contributed by atoms with van der Waals surface area (Å²) in [6, 6.07) is 11.7. The molecule has 0 radical (unpaired) electrons. The number of nitrogens with zero attached hydrogens (tertiary/aromatic N) is 1. The van der Waals surface area contributed by atoms with E-state index in [1.165, 1.54) is 5.56 Å². The summed E-state index contributed by atoms with van der Waals surface area (Å²) < 4.78 is 0. The predicted molar refractivity (Wildman–Crippen MR) is 83.2 cm³/mol. The molecule has 3 nitrogen and oxygen atoms in total. The Labute approximate surface area is 125 Å². The van der Waals surface area contributed by atoms with E-state index in [1.807, 2.05) is 0 Å². The zero-order chi connectivity index (χ0) is 13.7. The van der Waals surface area contributed by atoms with Crippen LogP contribution in [0, 0.1) is 0 Å². The number of nitrogens with one attached hydrogen (secondary N) is 1. The van der Waals surface area contributed by atoms with E-state index in [1.54, 1.807) is 24.5 Å². The maximum absolute atomic E-state index is 11.9. The molecule has 0 unspecified atom stereocenters. The molecule has 1 aromatic heterocycles. The SMILES string of the molecule is CC(C)c1ccc(CNC(=O)c2ccncc2)cc1.Cl. The van der Waals surface area contributed by atoms with Crippen LogP contribution in [-0.2, 0) is 6.54 Å². The first-order valence-electron chi connectivity index (χ1n) is 6.44. The van der Waals surface area contributed by atoms with Gasteiger partial charge < -0.3 is 5.32 Å². The minimum absolute atomic E-state index is 0. The van der Waals surface area contributed by atoms with E-state index in [9.17, 15) is 4.79 Å². The lowest BCUT2D eigenvalue weighted by Crippen LogP contribution is -2.22. The largest absolute Gasteiger partial charge is 0.348 e. The molecule has 0 aliphatic rings. The number of carbonyl (C=O) groups excluding carboxylic acids is 1. The summed E-state index contributed by atoms with van der Waals surface area (Å²) in [7, 11) is 0. The standard InChI is InChI=1S/C16H18N2O.ClH/c1-12(2)14-5-3-13(4-6-14)11-18-16(19)15-7-9-17-10-8-15;/h3-10,12H,11H2,1-2H3,(H,18,19);1H. The second-order valence-corrected chi connectivity index (χ2v) is 4.81. The zero-order valence-electron chi connectivity index (χ0n) is 11.7. The van der Waals surface area contributed by atoms with Gasteiger partial charge in [-0.05, 0) is 29.2 Å². The number of aromatic nitrogens is 1. The number of hydrogen-bond acceptors (Lipinski definition) is 2. The molecule has 0 bridgehead atoms. The lowest BCUT2D eigenvalue weighted by Gasteiger charge is -2.08. The van der Waals surface area contributed by atoms with Crippen LogP contribution in [-0.4, -0.2) is 10.9 Å². The molecule has 4 heteroatoms. The van der Waals surface area contributed by atoms with Crippen molar-refractivity contribution in [3.05, 3.63) is 65.5 Å². The Morgan fingerprint density at radius 3 is 2.25 bits per heavy atom. The minimum atomic E-state index is -0.0738. The zero-order valence-corrected chi connectivity index (χ0v) is 12.5.